The Kier molecular flexibility index (Phi) is 3.82. The van der Waals surface area contributed by atoms with Gasteiger partial charge in [-0.3, -0.25) is 9.78 Å². The molecule has 100 valence electrons. The number of aromatic nitrogens is 1. The summed E-state index contributed by atoms with van der Waals surface area (Å²) in [5.74, 6) is -1.43. The van der Waals surface area contributed by atoms with Gasteiger partial charge in [0.05, 0.1) is 30.9 Å². The fourth-order valence-corrected chi connectivity index (χ4v) is 2.50. The fraction of sp³-hybridized carbons (Fsp3) is 0.500. The topological polar surface area (TPSA) is 72.2 Å². The lowest BCUT2D eigenvalue weighted by molar-refractivity contribution is -0.145. The van der Waals surface area contributed by atoms with Crippen molar-refractivity contribution in [3.63, 3.8) is 0 Å². The van der Waals surface area contributed by atoms with Gasteiger partial charge >= 0.3 is 5.97 Å². The van der Waals surface area contributed by atoms with E-state index in [4.69, 9.17) is 9.47 Å². The lowest BCUT2D eigenvalue weighted by Gasteiger charge is -2.29. The molecule has 1 fully saturated rings. The molecule has 1 aliphatic rings. The van der Waals surface area contributed by atoms with E-state index in [0.717, 1.165) is 11.4 Å². The number of hydrogen-bond donors (Lipinski definition) is 0. The lowest BCUT2D eigenvalue weighted by atomic mass is 9.72. The largest absolute Gasteiger partial charge is 0.468 e. The molecule has 2 unspecified atom stereocenters. The van der Waals surface area contributed by atoms with E-state index in [9.17, 15) is 10.1 Å². The van der Waals surface area contributed by atoms with Crippen LogP contribution in [-0.4, -0.2) is 31.3 Å². The summed E-state index contributed by atoms with van der Waals surface area (Å²) < 4.78 is 10.2. The molecule has 2 heterocycles. The van der Waals surface area contributed by atoms with E-state index in [1.54, 1.807) is 0 Å². The van der Waals surface area contributed by atoms with Crippen LogP contribution in [-0.2, 0) is 19.7 Å². The van der Waals surface area contributed by atoms with Crippen LogP contribution in [0.3, 0.4) is 0 Å². The zero-order valence-electron chi connectivity index (χ0n) is 11.0. The van der Waals surface area contributed by atoms with E-state index >= 15 is 0 Å². The number of esters is 1. The van der Waals surface area contributed by atoms with Crippen LogP contribution in [0, 0.1) is 24.2 Å². The molecule has 5 nitrogen and oxygen atoms in total. The van der Waals surface area contributed by atoms with Gasteiger partial charge in [-0.1, -0.05) is 6.07 Å². The van der Waals surface area contributed by atoms with Gasteiger partial charge in [-0.2, -0.15) is 5.26 Å². The van der Waals surface area contributed by atoms with Crippen molar-refractivity contribution >= 4 is 5.97 Å². The Bertz CT molecular complexity index is 516. The molecule has 1 saturated heterocycles. The molecule has 0 aromatic carbocycles. The van der Waals surface area contributed by atoms with Gasteiger partial charge in [0.2, 0.25) is 0 Å². The maximum absolute atomic E-state index is 11.9. The van der Waals surface area contributed by atoms with E-state index in [1.165, 1.54) is 7.11 Å². The van der Waals surface area contributed by atoms with Crippen LogP contribution < -0.4 is 0 Å². The third-order valence-corrected chi connectivity index (χ3v) is 3.57. The van der Waals surface area contributed by atoms with Crippen LogP contribution in [0.5, 0.6) is 0 Å². The van der Waals surface area contributed by atoms with Crippen molar-refractivity contribution in [2.24, 2.45) is 5.92 Å². The quantitative estimate of drug-likeness (QED) is 0.767. The highest BCUT2D eigenvalue weighted by Crippen LogP contribution is 2.39. The summed E-state index contributed by atoms with van der Waals surface area (Å²) in [7, 11) is 1.29. The number of carbonyl (C=O) groups is 1. The average molecular weight is 260 g/mol. The highest BCUT2D eigenvalue weighted by Gasteiger charge is 2.49. The van der Waals surface area contributed by atoms with Gasteiger partial charge in [0.25, 0.3) is 0 Å². The predicted molar refractivity (Wildman–Crippen MR) is 67.2 cm³/mol. The summed E-state index contributed by atoms with van der Waals surface area (Å²) >= 11 is 0. The molecule has 0 N–H and O–H groups in total. The molecular formula is C14H16N2O3. The Morgan fingerprint density at radius 1 is 1.63 bits per heavy atom. The molecule has 1 aromatic heterocycles. The second-order valence-electron chi connectivity index (χ2n) is 4.71. The highest BCUT2D eigenvalue weighted by molar-refractivity contribution is 5.77. The number of hydrogen-bond acceptors (Lipinski definition) is 5. The number of ether oxygens (including phenoxy) is 2. The van der Waals surface area contributed by atoms with Crippen molar-refractivity contribution in [2.45, 2.75) is 18.8 Å². The van der Waals surface area contributed by atoms with Crippen LogP contribution in [0.2, 0.25) is 0 Å². The van der Waals surface area contributed by atoms with E-state index in [2.05, 4.69) is 11.1 Å². The summed E-state index contributed by atoms with van der Waals surface area (Å²) in [6.07, 6.45) is 0.594. The number of methoxy groups -OCH3 is 1. The summed E-state index contributed by atoms with van der Waals surface area (Å²) in [4.78, 5) is 16.3. The number of nitriles is 1. The van der Waals surface area contributed by atoms with Gasteiger partial charge in [-0.15, -0.1) is 0 Å². The molecule has 19 heavy (non-hydrogen) atoms. The first kappa shape index (κ1) is 13.5. The minimum atomic E-state index is -0.894. The smallest absolute Gasteiger partial charge is 0.324 e. The molecule has 1 aliphatic heterocycles. The molecule has 0 saturated carbocycles. The number of rotatable bonds is 3. The van der Waals surface area contributed by atoms with Gasteiger partial charge in [-0.05, 0) is 25.5 Å². The van der Waals surface area contributed by atoms with E-state index in [-0.39, 0.29) is 0 Å². The molecule has 0 amide bonds. The zero-order valence-corrected chi connectivity index (χ0v) is 11.0. The van der Waals surface area contributed by atoms with Gasteiger partial charge in [0, 0.05) is 12.3 Å². The Hall–Kier alpha value is -1.93. The predicted octanol–water partition coefficient (Wildman–Crippen LogP) is 1.36. The fourth-order valence-electron chi connectivity index (χ4n) is 2.50. The van der Waals surface area contributed by atoms with Crippen molar-refractivity contribution < 1.29 is 14.3 Å². The Morgan fingerprint density at radius 2 is 2.42 bits per heavy atom. The molecule has 5 heteroatoms. The normalized spacial score (nSPS) is 23.6. The second-order valence-corrected chi connectivity index (χ2v) is 4.71. The third kappa shape index (κ3) is 2.32. The zero-order chi connectivity index (χ0) is 13.9. The lowest BCUT2D eigenvalue weighted by Crippen LogP contribution is -2.41. The first-order valence-electron chi connectivity index (χ1n) is 6.13. The number of pyridine rings is 1. The van der Waals surface area contributed by atoms with Gasteiger partial charge in [-0.25, -0.2) is 0 Å². The molecule has 2 atom stereocenters. The van der Waals surface area contributed by atoms with E-state index in [0.29, 0.717) is 19.6 Å². The minimum Gasteiger partial charge on any atom is -0.468 e. The number of carbonyl (C=O) groups excluding carboxylic acids is 1. The molecule has 0 spiro atoms. The first-order valence-corrected chi connectivity index (χ1v) is 6.13. The molecule has 0 aliphatic carbocycles. The summed E-state index contributed by atoms with van der Waals surface area (Å²) in [6, 6.07) is 7.66. The van der Waals surface area contributed by atoms with Crippen molar-refractivity contribution in [2.75, 3.05) is 20.3 Å². The SMILES string of the molecule is COC(=O)C(C#N)C1(c2cccc(C)n2)CCOC1. The average Bonchev–Trinajstić information content (AvgIpc) is 2.90. The van der Waals surface area contributed by atoms with Crippen LogP contribution >= 0.6 is 0 Å². The number of aryl methyl sites for hydroxylation is 1. The van der Waals surface area contributed by atoms with Gasteiger partial charge in [0.15, 0.2) is 5.92 Å². The van der Waals surface area contributed by atoms with Crippen LogP contribution in [0.4, 0.5) is 0 Å². The second kappa shape index (κ2) is 5.37. The first-order chi connectivity index (χ1) is 9.14. The summed E-state index contributed by atoms with van der Waals surface area (Å²) in [5, 5.41) is 9.35. The third-order valence-electron chi connectivity index (χ3n) is 3.57. The molecule has 0 bridgehead atoms. The van der Waals surface area contributed by atoms with Gasteiger partial charge in [0.1, 0.15) is 0 Å². The maximum atomic E-state index is 11.9. The Morgan fingerprint density at radius 3 is 2.95 bits per heavy atom. The Balaban J connectivity index is 2.49. The number of nitrogens with zero attached hydrogens (tertiary/aromatic N) is 2. The van der Waals surface area contributed by atoms with Crippen molar-refractivity contribution in [1.29, 1.82) is 5.26 Å². The minimum absolute atomic E-state index is 0.316. The summed E-state index contributed by atoms with van der Waals surface area (Å²) in [6.45, 7) is 2.72. The monoisotopic (exact) mass is 260 g/mol. The molecule has 2 rings (SSSR count). The van der Waals surface area contributed by atoms with Crippen LogP contribution in [0.25, 0.3) is 0 Å². The molecule has 1 aromatic rings. The van der Waals surface area contributed by atoms with Crippen molar-refractivity contribution in [3.8, 4) is 6.07 Å². The van der Waals surface area contributed by atoms with Crippen LogP contribution in [0.15, 0.2) is 18.2 Å². The van der Waals surface area contributed by atoms with Gasteiger partial charge < -0.3 is 9.47 Å². The standard InChI is InChI=1S/C14H16N2O3/c1-10-4-3-5-12(16-10)14(6-7-19-9-14)11(8-15)13(17)18-2/h3-5,11H,6-7,9H2,1-2H3. The maximum Gasteiger partial charge on any atom is 0.324 e. The molecular weight excluding hydrogens is 244 g/mol. The highest BCUT2D eigenvalue weighted by atomic mass is 16.5. The van der Waals surface area contributed by atoms with E-state index in [1.807, 2.05) is 25.1 Å². The molecule has 0 radical (unpaired) electrons. The van der Waals surface area contributed by atoms with Crippen molar-refractivity contribution in [1.82, 2.24) is 4.98 Å². The van der Waals surface area contributed by atoms with Crippen molar-refractivity contribution in [3.05, 3.63) is 29.6 Å². The summed E-state index contributed by atoms with van der Waals surface area (Å²) in [5.41, 5.74) is 0.876. The van der Waals surface area contributed by atoms with Crippen LogP contribution in [0.1, 0.15) is 17.8 Å². The Labute approximate surface area is 112 Å². The van der Waals surface area contributed by atoms with E-state index < -0.39 is 17.3 Å².